The molecule has 2 rings (SSSR count). The Bertz CT molecular complexity index is 539. The minimum atomic E-state index is -2.90. The van der Waals surface area contributed by atoms with Crippen molar-refractivity contribution < 1.29 is 13.2 Å². The van der Waals surface area contributed by atoms with Gasteiger partial charge in [-0.1, -0.05) is 18.6 Å². The third-order valence-electron chi connectivity index (χ3n) is 4.24. The lowest BCUT2D eigenvalue weighted by Gasteiger charge is -2.28. The van der Waals surface area contributed by atoms with Crippen molar-refractivity contribution >= 4 is 9.84 Å². The molecule has 1 aliphatic carbocycles. The van der Waals surface area contributed by atoms with Crippen LogP contribution in [0.3, 0.4) is 0 Å². The van der Waals surface area contributed by atoms with Gasteiger partial charge in [-0.05, 0) is 49.9 Å². The highest BCUT2D eigenvalue weighted by Crippen LogP contribution is 2.23. The van der Waals surface area contributed by atoms with E-state index in [1.54, 1.807) is 7.11 Å². The average molecular weight is 311 g/mol. The Kier molecular flexibility index (Phi) is 5.65. The van der Waals surface area contributed by atoms with Crippen LogP contribution in [0.1, 0.15) is 31.2 Å². The van der Waals surface area contributed by atoms with Crippen molar-refractivity contribution in [3.63, 3.8) is 0 Å². The molecule has 1 saturated carbocycles. The first-order valence-corrected chi connectivity index (χ1v) is 9.49. The Morgan fingerprint density at radius 3 is 2.57 bits per heavy atom. The summed E-state index contributed by atoms with van der Waals surface area (Å²) in [5, 5.41) is 3.34. The van der Waals surface area contributed by atoms with Crippen molar-refractivity contribution in [3.05, 3.63) is 29.8 Å². The summed E-state index contributed by atoms with van der Waals surface area (Å²) >= 11 is 0. The Labute approximate surface area is 127 Å². The lowest BCUT2D eigenvalue weighted by molar-refractivity contribution is 0.374. The van der Waals surface area contributed by atoms with Crippen LogP contribution >= 0.6 is 0 Å². The highest BCUT2D eigenvalue weighted by molar-refractivity contribution is 7.91. The van der Waals surface area contributed by atoms with Gasteiger partial charge in [0.2, 0.25) is 0 Å². The monoisotopic (exact) mass is 311 g/mol. The summed E-state index contributed by atoms with van der Waals surface area (Å²) in [6.07, 6.45) is 5.95. The van der Waals surface area contributed by atoms with E-state index in [-0.39, 0.29) is 5.25 Å². The zero-order valence-electron chi connectivity index (χ0n) is 12.8. The van der Waals surface area contributed by atoms with Gasteiger partial charge in [0.05, 0.1) is 12.4 Å². The number of nitrogens with one attached hydrogen (secondary N) is 1. The van der Waals surface area contributed by atoms with Gasteiger partial charge in [0.25, 0.3) is 0 Å². The predicted octanol–water partition coefficient (Wildman–Crippen LogP) is 2.18. The van der Waals surface area contributed by atoms with Gasteiger partial charge in [0.1, 0.15) is 15.6 Å². The topological polar surface area (TPSA) is 55.4 Å². The molecule has 0 bridgehead atoms. The quantitative estimate of drug-likeness (QED) is 0.875. The lowest BCUT2D eigenvalue weighted by Crippen LogP contribution is -2.39. The van der Waals surface area contributed by atoms with Gasteiger partial charge in [-0.25, -0.2) is 8.42 Å². The third-order valence-corrected chi connectivity index (χ3v) is 5.88. The molecule has 2 atom stereocenters. The van der Waals surface area contributed by atoms with Crippen molar-refractivity contribution in [2.24, 2.45) is 0 Å². The van der Waals surface area contributed by atoms with E-state index in [1.165, 1.54) is 11.8 Å². The molecule has 1 aromatic rings. The molecule has 2 unspecified atom stereocenters. The van der Waals surface area contributed by atoms with Crippen LogP contribution in [0.25, 0.3) is 0 Å². The molecule has 0 heterocycles. The summed E-state index contributed by atoms with van der Waals surface area (Å²) in [6.45, 7) is 0.882. The maximum absolute atomic E-state index is 11.6. The molecule has 21 heavy (non-hydrogen) atoms. The van der Waals surface area contributed by atoms with E-state index in [9.17, 15) is 8.42 Å². The lowest BCUT2D eigenvalue weighted by atomic mass is 9.95. The number of benzene rings is 1. The summed E-state index contributed by atoms with van der Waals surface area (Å²) in [6, 6.07) is 8.41. The predicted molar refractivity (Wildman–Crippen MR) is 85.6 cm³/mol. The molecule has 1 aromatic carbocycles. The first-order chi connectivity index (χ1) is 9.99. The molecular weight excluding hydrogens is 286 g/mol. The number of hydrogen-bond donors (Lipinski definition) is 1. The van der Waals surface area contributed by atoms with Crippen LogP contribution in [-0.4, -0.2) is 39.6 Å². The van der Waals surface area contributed by atoms with Crippen LogP contribution < -0.4 is 10.1 Å². The van der Waals surface area contributed by atoms with Crippen molar-refractivity contribution in [3.8, 4) is 5.75 Å². The van der Waals surface area contributed by atoms with Crippen LogP contribution in [0.2, 0.25) is 0 Å². The second-order valence-corrected chi connectivity index (χ2v) is 8.19. The average Bonchev–Trinajstić information content (AvgIpc) is 2.47. The van der Waals surface area contributed by atoms with E-state index >= 15 is 0 Å². The summed E-state index contributed by atoms with van der Waals surface area (Å²) in [7, 11) is -1.23. The zero-order valence-corrected chi connectivity index (χ0v) is 13.7. The molecule has 118 valence electrons. The number of methoxy groups -OCH3 is 1. The summed E-state index contributed by atoms with van der Waals surface area (Å²) in [5.74, 6) is 0.870. The summed E-state index contributed by atoms with van der Waals surface area (Å²) in [4.78, 5) is 0. The zero-order chi connectivity index (χ0) is 15.3. The van der Waals surface area contributed by atoms with E-state index < -0.39 is 9.84 Å². The van der Waals surface area contributed by atoms with Crippen LogP contribution in [0.4, 0.5) is 0 Å². The van der Waals surface area contributed by atoms with Crippen LogP contribution in [-0.2, 0) is 16.3 Å². The van der Waals surface area contributed by atoms with Crippen LogP contribution in [0.15, 0.2) is 24.3 Å². The molecular formula is C16H25NO3S. The number of hydrogen-bond acceptors (Lipinski definition) is 4. The maximum Gasteiger partial charge on any atom is 0.150 e. The normalized spacial score (nSPS) is 23.0. The number of rotatable bonds is 6. The van der Waals surface area contributed by atoms with Crippen molar-refractivity contribution in [2.75, 3.05) is 19.9 Å². The largest absolute Gasteiger partial charge is 0.497 e. The molecule has 1 fully saturated rings. The highest BCUT2D eigenvalue weighted by Gasteiger charge is 2.28. The molecule has 4 nitrogen and oxygen atoms in total. The van der Waals surface area contributed by atoms with Crippen LogP contribution in [0, 0.1) is 0 Å². The van der Waals surface area contributed by atoms with Gasteiger partial charge < -0.3 is 10.1 Å². The maximum atomic E-state index is 11.6. The highest BCUT2D eigenvalue weighted by atomic mass is 32.2. The smallest absolute Gasteiger partial charge is 0.150 e. The molecule has 1 aliphatic rings. The molecule has 0 aromatic heterocycles. The molecule has 5 heteroatoms. The Morgan fingerprint density at radius 2 is 1.95 bits per heavy atom. The van der Waals surface area contributed by atoms with E-state index in [4.69, 9.17) is 4.74 Å². The number of ether oxygens (including phenoxy) is 1. The summed E-state index contributed by atoms with van der Waals surface area (Å²) < 4.78 is 28.4. The minimum absolute atomic E-state index is 0.162. The van der Waals surface area contributed by atoms with Gasteiger partial charge >= 0.3 is 0 Å². The molecule has 0 saturated heterocycles. The van der Waals surface area contributed by atoms with Crippen molar-refractivity contribution in [1.29, 1.82) is 0 Å². The van der Waals surface area contributed by atoms with Crippen molar-refractivity contribution in [1.82, 2.24) is 5.32 Å². The fraction of sp³-hybridized carbons (Fsp3) is 0.625. The third kappa shape index (κ3) is 5.00. The van der Waals surface area contributed by atoms with Gasteiger partial charge in [-0.15, -0.1) is 0 Å². The fourth-order valence-electron chi connectivity index (χ4n) is 2.93. The van der Waals surface area contributed by atoms with E-state index in [2.05, 4.69) is 17.4 Å². The fourth-order valence-corrected chi connectivity index (χ4v) is 4.11. The van der Waals surface area contributed by atoms with Gasteiger partial charge in [0.15, 0.2) is 0 Å². The SMILES string of the molecule is COc1ccc(CCNC2CCCC(S(C)(=O)=O)C2)cc1. The molecule has 0 aliphatic heterocycles. The first-order valence-electron chi connectivity index (χ1n) is 7.54. The number of sulfone groups is 1. The minimum Gasteiger partial charge on any atom is -0.497 e. The Morgan fingerprint density at radius 1 is 1.24 bits per heavy atom. The molecule has 0 spiro atoms. The van der Waals surface area contributed by atoms with Gasteiger partial charge in [-0.2, -0.15) is 0 Å². The van der Waals surface area contributed by atoms with E-state index in [1.807, 2.05) is 12.1 Å². The van der Waals surface area contributed by atoms with E-state index in [0.29, 0.717) is 6.04 Å². The molecule has 1 N–H and O–H groups in total. The summed E-state index contributed by atoms with van der Waals surface area (Å²) in [5.41, 5.74) is 1.26. The van der Waals surface area contributed by atoms with Crippen LogP contribution in [0.5, 0.6) is 5.75 Å². The second kappa shape index (κ2) is 7.27. The molecule has 0 radical (unpaired) electrons. The van der Waals surface area contributed by atoms with Gasteiger partial charge in [0, 0.05) is 12.3 Å². The Balaban J connectivity index is 1.77. The first kappa shape index (κ1) is 16.3. The Hall–Kier alpha value is -1.07. The second-order valence-electron chi connectivity index (χ2n) is 5.87. The molecule has 0 amide bonds. The van der Waals surface area contributed by atoms with Gasteiger partial charge in [-0.3, -0.25) is 0 Å². The van der Waals surface area contributed by atoms with E-state index in [0.717, 1.165) is 44.4 Å². The standard InChI is InChI=1S/C16H25NO3S/c1-20-15-8-6-13(7-9-15)10-11-17-14-4-3-5-16(12-14)21(2,18)19/h6-9,14,16-17H,3-5,10-12H2,1-2H3. The van der Waals surface area contributed by atoms with Crippen molar-refractivity contribution in [2.45, 2.75) is 43.4 Å².